The summed E-state index contributed by atoms with van der Waals surface area (Å²) in [5.74, 6) is -0.288. The molecule has 26 heavy (non-hydrogen) atoms. The first kappa shape index (κ1) is 20.2. The molecule has 1 heterocycles. The maximum atomic E-state index is 12.6. The van der Waals surface area contributed by atoms with E-state index in [1.54, 1.807) is 44.6 Å². The summed E-state index contributed by atoms with van der Waals surface area (Å²) in [6.45, 7) is 1.99. The minimum absolute atomic E-state index is 0.271. The van der Waals surface area contributed by atoms with Gasteiger partial charge in [-0.15, -0.1) is 0 Å². The summed E-state index contributed by atoms with van der Waals surface area (Å²) in [4.78, 5) is 18.0. The molecule has 0 aliphatic heterocycles. The molecule has 0 radical (unpaired) electrons. The van der Waals surface area contributed by atoms with E-state index in [9.17, 15) is 13.2 Å². The van der Waals surface area contributed by atoms with Crippen molar-refractivity contribution in [2.45, 2.75) is 13.3 Å². The first-order chi connectivity index (χ1) is 12.2. The minimum atomic E-state index is -3.63. The molecule has 0 unspecified atom stereocenters. The van der Waals surface area contributed by atoms with Crippen LogP contribution in [0, 0.1) is 6.92 Å². The molecule has 140 valence electrons. The van der Waals surface area contributed by atoms with Crippen molar-refractivity contribution in [2.75, 3.05) is 30.7 Å². The third kappa shape index (κ3) is 5.44. The number of sulfonamides is 1. The molecule has 2 aromatic rings. The molecule has 2 rings (SSSR count). The van der Waals surface area contributed by atoms with E-state index in [0.717, 1.165) is 21.7 Å². The molecule has 1 amide bonds. The van der Waals surface area contributed by atoms with Crippen molar-refractivity contribution in [1.29, 1.82) is 0 Å². The Morgan fingerprint density at radius 3 is 2.46 bits per heavy atom. The van der Waals surface area contributed by atoms with Crippen molar-refractivity contribution in [3.63, 3.8) is 0 Å². The molecule has 6 nitrogen and oxygen atoms in total. The number of likely N-dealkylation sites (N-methyl/N-ethyl adjacent to an activating group) is 1. The lowest BCUT2D eigenvalue weighted by atomic mass is 10.2. The van der Waals surface area contributed by atoms with Gasteiger partial charge in [-0.3, -0.25) is 14.1 Å². The summed E-state index contributed by atoms with van der Waals surface area (Å²) in [6, 6.07) is 8.74. The van der Waals surface area contributed by atoms with Crippen LogP contribution in [0.1, 0.15) is 11.1 Å². The van der Waals surface area contributed by atoms with Crippen molar-refractivity contribution < 1.29 is 13.2 Å². The van der Waals surface area contributed by atoms with Crippen LogP contribution in [0.25, 0.3) is 0 Å². The molecule has 8 heteroatoms. The maximum absolute atomic E-state index is 12.6. The van der Waals surface area contributed by atoms with E-state index < -0.39 is 10.0 Å². The molecule has 0 bridgehead atoms. The van der Waals surface area contributed by atoms with E-state index >= 15 is 0 Å². The zero-order valence-electron chi connectivity index (χ0n) is 15.0. The predicted molar refractivity (Wildman–Crippen MR) is 104 cm³/mol. The summed E-state index contributed by atoms with van der Waals surface area (Å²) in [6.07, 6.45) is 5.15. The van der Waals surface area contributed by atoms with Gasteiger partial charge in [-0.05, 0) is 48.7 Å². The number of hydrogen-bond donors (Lipinski definition) is 0. The number of pyridine rings is 1. The van der Waals surface area contributed by atoms with Crippen LogP contribution < -0.4 is 4.31 Å². The molecule has 0 fully saturated rings. The van der Waals surface area contributed by atoms with Crippen molar-refractivity contribution in [2.24, 2.45) is 0 Å². The Morgan fingerprint density at radius 2 is 1.85 bits per heavy atom. The Morgan fingerprint density at radius 1 is 1.19 bits per heavy atom. The van der Waals surface area contributed by atoms with Gasteiger partial charge in [-0.25, -0.2) is 8.42 Å². The first-order valence-electron chi connectivity index (χ1n) is 8.05. The Balaban J connectivity index is 2.13. The molecule has 0 spiro atoms. The molecule has 0 aliphatic rings. The molecular formula is C18H22ClN3O3S. The number of halogens is 1. The second-order valence-electron chi connectivity index (χ2n) is 6.12. The highest BCUT2D eigenvalue weighted by molar-refractivity contribution is 7.92. The molecule has 0 saturated carbocycles. The quantitative estimate of drug-likeness (QED) is 0.722. The van der Waals surface area contributed by atoms with Crippen molar-refractivity contribution in [3.05, 3.63) is 58.9 Å². The minimum Gasteiger partial charge on any atom is -0.344 e. The number of nitrogens with zero attached hydrogens (tertiary/aromatic N) is 3. The van der Waals surface area contributed by atoms with Crippen LogP contribution in [0.15, 0.2) is 42.7 Å². The average Bonchev–Trinajstić information content (AvgIpc) is 2.59. The molecular weight excluding hydrogens is 374 g/mol. The van der Waals surface area contributed by atoms with Crippen LogP contribution in [-0.4, -0.2) is 50.6 Å². The molecule has 1 aromatic carbocycles. The number of anilines is 1. The lowest BCUT2D eigenvalue weighted by Gasteiger charge is -2.26. The summed E-state index contributed by atoms with van der Waals surface area (Å²) in [5.41, 5.74) is 2.20. The van der Waals surface area contributed by atoms with Gasteiger partial charge in [-0.2, -0.15) is 0 Å². The van der Waals surface area contributed by atoms with Crippen molar-refractivity contribution >= 4 is 33.2 Å². The van der Waals surface area contributed by atoms with Crippen LogP contribution in [0.4, 0.5) is 5.69 Å². The Labute approximate surface area is 159 Å². The van der Waals surface area contributed by atoms with Crippen LogP contribution in [-0.2, 0) is 21.2 Å². The number of aromatic nitrogens is 1. The lowest BCUT2D eigenvalue weighted by molar-refractivity contribution is -0.128. The van der Waals surface area contributed by atoms with Gasteiger partial charge in [0.1, 0.15) is 6.54 Å². The Bertz CT molecular complexity index is 873. The van der Waals surface area contributed by atoms with E-state index in [0.29, 0.717) is 23.7 Å². The van der Waals surface area contributed by atoms with Crippen LogP contribution in [0.3, 0.4) is 0 Å². The summed E-state index contributed by atoms with van der Waals surface area (Å²) >= 11 is 6.01. The predicted octanol–water partition coefficient (Wildman–Crippen LogP) is 2.51. The van der Waals surface area contributed by atoms with Crippen LogP contribution in [0.5, 0.6) is 0 Å². The van der Waals surface area contributed by atoms with Gasteiger partial charge >= 0.3 is 0 Å². The fourth-order valence-corrected chi connectivity index (χ4v) is 3.51. The third-order valence-corrected chi connectivity index (χ3v) is 5.39. The van der Waals surface area contributed by atoms with Gasteiger partial charge in [0.2, 0.25) is 15.9 Å². The van der Waals surface area contributed by atoms with Gasteiger partial charge in [0.15, 0.2) is 0 Å². The van der Waals surface area contributed by atoms with Crippen molar-refractivity contribution in [3.8, 4) is 0 Å². The highest BCUT2D eigenvalue weighted by Crippen LogP contribution is 2.26. The highest BCUT2D eigenvalue weighted by Gasteiger charge is 2.24. The third-order valence-electron chi connectivity index (χ3n) is 4.03. The van der Waals surface area contributed by atoms with Gasteiger partial charge in [-0.1, -0.05) is 17.7 Å². The molecule has 0 saturated heterocycles. The second-order valence-corrected chi connectivity index (χ2v) is 8.46. The number of benzene rings is 1. The van der Waals surface area contributed by atoms with Crippen LogP contribution in [0.2, 0.25) is 5.02 Å². The molecule has 0 N–H and O–H groups in total. The van der Waals surface area contributed by atoms with E-state index in [-0.39, 0.29) is 12.5 Å². The lowest BCUT2D eigenvalue weighted by Crippen LogP contribution is -2.42. The summed E-state index contributed by atoms with van der Waals surface area (Å²) in [5, 5.41) is 0.415. The number of carbonyl (C=O) groups excluding carboxylic acids is 1. The maximum Gasteiger partial charge on any atom is 0.243 e. The highest BCUT2D eigenvalue weighted by atomic mass is 35.5. The number of aryl methyl sites for hydroxylation is 1. The van der Waals surface area contributed by atoms with Crippen molar-refractivity contribution in [1.82, 2.24) is 9.88 Å². The Hall–Kier alpha value is -2.12. The molecule has 0 atom stereocenters. The second kappa shape index (κ2) is 8.51. The normalized spacial score (nSPS) is 11.2. The van der Waals surface area contributed by atoms with Gasteiger partial charge in [0.05, 0.1) is 11.9 Å². The number of carbonyl (C=O) groups is 1. The first-order valence-corrected chi connectivity index (χ1v) is 10.3. The standard InChI is InChI=1S/C18H22ClN3O3S/c1-14-4-5-16(19)12-17(14)22(26(3,24)25)13-18(23)21(2)11-8-15-6-9-20-10-7-15/h4-7,9-10,12H,8,11,13H2,1-3H3. The van der Waals surface area contributed by atoms with E-state index in [1.807, 2.05) is 12.1 Å². The summed E-state index contributed by atoms with van der Waals surface area (Å²) < 4.78 is 25.6. The van der Waals surface area contributed by atoms with Gasteiger partial charge in [0.25, 0.3) is 0 Å². The van der Waals surface area contributed by atoms with Gasteiger partial charge in [0, 0.05) is 31.0 Å². The smallest absolute Gasteiger partial charge is 0.243 e. The molecule has 0 aliphatic carbocycles. The fourth-order valence-electron chi connectivity index (χ4n) is 2.45. The SMILES string of the molecule is Cc1ccc(Cl)cc1N(CC(=O)N(C)CCc1ccncc1)S(C)(=O)=O. The number of rotatable bonds is 7. The van der Waals surface area contributed by atoms with E-state index in [2.05, 4.69) is 4.98 Å². The van der Waals surface area contributed by atoms with E-state index in [4.69, 9.17) is 11.6 Å². The summed E-state index contributed by atoms with van der Waals surface area (Å²) in [7, 11) is -1.97. The largest absolute Gasteiger partial charge is 0.344 e. The molecule has 1 aromatic heterocycles. The zero-order valence-corrected chi connectivity index (χ0v) is 16.6. The topological polar surface area (TPSA) is 70.6 Å². The van der Waals surface area contributed by atoms with E-state index in [1.165, 1.54) is 4.90 Å². The Kier molecular flexibility index (Phi) is 6.61. The number of amides is 1. The van der Waals surface area contributed by atoms with Crippen LogP contribution >= 0.6 is 11.6 Å². The number of hydrogen-bond acceptors (Lipinski definition) is 4. The zero-order chi connectivity index (χ0) is 19.3. The van der Waals surface area contributed by atoms with Gasteiger partial charge < -0.3 is 4.90 Å². The average molecular weight is 396 g/mol. The fraction of sp³-hybridized carbons (Fsp3) is 0.333. The monoisotopic (exact) mass is 395 g/mol.